The van der Waals surface area contributed by atoms with E-state index in [2.05, 4.69) is 10.3 Å². The highest BCUT2D eigenvalue weighted by atomic mass is 32.1. The number of benzene rings is 2. The lowest BCUT2D eigenvalue weighted by Crippen LogP contribution is -2.13. The Morgan fingerprint density at radius 1 is 1.15 bits per heavy atom. The third-order valence-electron chi connectivity index (χ3n) is 3.82. The Morgan fingerprint density at radius 3 is 2.63 bits per heavy atom. The van der Waals surface area contributed by atoms with Crippen LogP contribution in [0.25, 0.3) is 11.3 Å². The summed E-state index contributed by atoms with van der Waals surface area (Å²) in [5.74, 6) is 0.934. The maximum atomic E-state index is 12.6. The van der Waals surface area contributed by atoms with Gasteiger partial charge in [0.1, 0.15) is 0 Å². The SMILES string of the molecule is COc1cc(C(=O)Nc2cccc(-c3csc(C)n3)c2)ccc1OC(C)C. The van der Waals surface area contributed by atoms with Crippen LogP contribution in [0.1, 0.15) is 29.2 Å². The molecule has 6 heteroatoms. The van der Waals surface area contributed by atoms with Gasteiger partial charge in [0.2, 0.25) is 0 Å². The molecule has 5 nitrogen and oxygen atoms in total. The van der Waals surface area contributed by atoms with Crippen molar-refractivity contribution in [3.8, 4) is 22.8 Å². The average Bonchev–Trinajstić information content (AvgIpc) is 3.08. The first-order valence-electron chi connectivity index (χ1n) is 8.65. The molecular formula is C21H22N2O3S. The predicted molar refractivity (Wildman–Crippen MR) is 109 cm³/mol. The maximum absolute atomic E-state index is 12.6. The molecular weight excluding hydrogens is 360 g/mol. The van der Waals surface area contributed by atoms with Crippen molar-refractivity contribution >= 4 is 22.9 Å². The van der Waals surface area contributed by atoms with Crippen LogP contribution < -0.4 is 14.8 Å². The fraction of sp³-hybridized carbons (Fsp3) is 0.238. The van der Waals surface area contributed by atoms with E-state index in [9.17, 15) is 4.79 Å². The van der Waals surface area contributed by atoms with E-state index in [0.717, 1.165) is 16.3 Å². The first-order chi connectivity index (χ1) is 13.0. The second-order valence-corrected chi connectivity index (χ2v) is 7.38. The van der Waals surface area contributed by atoms with Crippen LogP contribution in [-0.2, 0) is 0 Å². The van der Waals surface area contributed by atoms with Crippen molar-refractivity contribution in [2.75, 3.05) is 12.4 Å². The normalized spacial score (nSPS) is 10.7. The number of nitrogens with one attached hydrogen (secondary N) is 1. The Bertz CT molecular complexity index is 950. The second kappa shape index (κ2) is 8.22. The third-order valence-corrected chi connectivity index (χ3v) is 4.60. The molecule has 1 heterocycles. The van der Waals surface area contributed by atoms with Crippen molar-refractivity contribution in [2.45, 2.75) is 26.9 Å². The van der Waals surface area contributed by atoms with Crippen LogP contribution in [0.3, 0.4) is 0 Å². The minimum absolute atomic E-state index is 0.0238. The smallest absolute Gasteiger partial charge is 0.255 e. The van der Waals surface area contributed by atoms with Gasteiger partial charge in [-0.3, -0.25) is 4.79 Å². The molecule has 0 bridgehead atoms. The molecule has 1 N–H and O–H groups in total. The van der Waals surface area contributed by atoms with E-state index in [-0.39, 0.29) is 12.0 Å². The van der Waals surface area contributed by atoms with Gasteiger partial charge < -0.3 is 14.8 Å². The molecule has 2 aromatic carbocycles. The Balaban J connectivity index is 1.79. The predicted octanol–water partition coefficient (Wildman–Crippen LogP) is 5.17. The quantitative estimate of drug-likeness (QED) is 0.639. The molecule has 0 aliphatic carbocycles. The summed E-state index contributed by atoms with van der Waals surface area (Å²) < 4.78 is 11.0. The van der Waals surface area contributed by atoms with Crippen LogP contribution in [0.5, 0.6) is 11.5 Å². The minimum Gasteiger partial charge on any atom is -0.493 e. The van der Waals surface area contributed by atoms with Crippen LogP contribution in [0.15, 0.2) is 47.8 Å². The highest BCUT2D eigenvalue weighted by molar-refractivity contribution is 7.09. The summed E-state index contributed by atoms with van der Waals surface area (Å²) in [5, 5.41) is 5.95. The number of carbonyl (C=O) groups excluding carboxylic acids is 1. The standard InChI is InChI=1S/C21H22N2O3S/c1-13(2)26-19-9-8-16(11-20(19)25-4)21(24)23-17-7-5-6-15(10-17)18-12-27-14(3)22-18/h5-13H,1-4H3,(H,23,24). The first kappa shape index (κ1) is 18.9. The number of aryl methyl sites for hydroxylation is 1. The second-order valence-electron chi connectivity index (χ2n) is 6.32. The zero-order valence-corrected chi connectivity index (χ0v) is 16.6. The van der Waals surface area contributed by atoms with Gasteiger partial charge in [0, 0.05) is 22.2 Å². The number of hydrogen-bond donors (Lipinski definition) is 1. The molecule has 3 aromatic rings. The van der Waals surface area contributed by atoms with Crippen LogP contribution in [0.2, 0.25) is 0 Å². The molecule has 0 radical (unpaired) electrons. The number of carbonyl (C=O) groups is 1. The number of nitrogens with zero attached hydrogens (tertiary/aromatic N) is 1. The number of aromatic nitrogens is 1. The van der Waals surface area contributed by atoms with E-state index in [1.165, 1.54) is 0 Å². The molecule has 0 saturated heterocycles. The Hall–Kier alpha value is -2.86. The van der Waals surface area contributed by atoms with Gasteiger partial charge in [-0.05, 0) is 51.1 Å². The highest BCUT2D eigenvalue weighted by Crippen LogP contribution is 2.30. The first-order valence-corrected chi connectivity index (χ1v) is 9.53. The maximum Gasteiger partial charge on any atom is 0.255 e. The summed E-state index contributed by atoms with van der Waals surface area (Å²) in [6.45, 7) is 5.85. The van der Waals surface area contributed by atoms with Gasteiger partial charge in [-0.15, -0.1) is 11.3 Å². The lowest BCUT2D eigenvalue weighted by atomic mass is 10.1. The number of anilines is 1. The van der Waals surface area contributed by atoms with Gasteiger partial charge in [-0.25, -0.2) is 4.98 Å². The van der Waals surface area contributed by atoms with Gasteiger partial charge in [0.25, 0.3) is 5.91 Å². The monoisotopic (exact) mass is 382 g/mol. The lowest BCUT2D eigenvalue weighted by molar-refractivity contribution is 0.102. The molecule has 0 saturated carbocycles. The number of thiazole rings is 1. The fourth-order valence-corrected chi connectivity index (χ4v) is 3.24. The van der Waals surface area contributed by atoms with Crippen molar-refractivity contribution in [3.63, 3.8) is 0 Å². The Kier molecular flexibility index (Phi) is 5.76. The summed E-state index contributed by atoms with van der Waals surface area (Å²) in [6.07, 6.45) is 0.0238. The van der Waals surface area contributed by atoms with Gasteiger partial charge in [0.05, 0.1) is 23.9 Å². The zero-order chi connectivity index (χ0) is 19.4. The molecule has 0 aliphatic heterocycles. The van der Waals surface area contributed by atoms with E-state index in [1.807, 2.05) is 50.4 Å². The summed E-state index contributed by atoms with van der Waals surface area (Å²) >= 11 is 1.60. The summed E-state index contributed by atoms with van der Waals surface area (Å²) in [7, 11) is 1.56. The molecule has 140 valence electrons. The molecule has 0 unspecified atom stereocenters. The minimum atomic E-state index is -0.212. The van der Waals surface area contributed by atoms with Crippen molar-refractivity contribution in [1.29, 1.82) is 0 Å². The molecule has 0 fully saturated rings. The average molecular weight is 382 g/mol. The van der Waals surface area contributed by atoms with Gasteiger partial charge in [-0.2, -0.15) is 0 Å². The van der Waals surface area contributed by atoms with Crippen LogP contribution in [0, 0.1) is 6.92 Å². The van der Waals surface area contributed by atoms with Gasteiger partial charge in [-0.1, -0.05) is 12.1 Å². The van der Waals surface area contributed by atoms with E-state index in [0.29, 0.717) is 22.7 Å². The Morgan fingerprint density at radius 2 is 1.96 bits per heavy atom. The summed E-state index contributed by atoms with van der Waals surface area (Å²) in [5.41, 5.74) is 3.09. The number of methoxy groups -OCH3 is 1. The molecule has 0 spiro atoms. The van der Waals surface area contributed by atoms with Crippen molar-refractivity contribution in [1.82, 2.24) is 4.98 Å². The number of hydrogen-bond acceptors (Lipinski definition) is 5. The van der Waals surface area contributed by atoms with Crippen LogP contribution in [0.4, 0.5) is 5.69 Å². The Labute approximate surface area is 163 Å². The fourth-order valence-electron chi connectivity index (χ4n) is 2.62. The molecule has 1 amide bonds. The van der Waals surface area contributed by atoms with Crippen molar-refractivity contribution in [3.05, 3.63) is 58.4 Å². The molecule has 3 rings (SSSR count). The third kappa shape index (κ3) is 4.65. The van der Waals surface area contributed by atoms with E-state index in [4.69, 9.17) is 9.47 Å². The van der Waals surface area contributed by atoms with Gasteiger partial charge in [0.15, 0.2) is 11.5 Å². The molecule has 1 aromatic heterocycles. The van der Waals surface area contributed by atoms with Crippen molar-refractivity contribution in [2.24, 2.45) is 0 Å². The van der Waals surface area contributed by atoms with E-state index in [1.54, 1.807) is 36.6 Å². The number of rotatable bonds is 6. The lowest BCUT2D eigenvalue weighted by Gasteiger charge is -2.14. The van der Waals surface area contributed by atoms with Crippen LogP contribution >= 0.6 is 11.3 Å². The highest BCUT2D eigenvalue weighted by Gasteiger charge is 2.13. The number of ether oxygens (including phenoxy) is 2. The zero-order valence-electron chi connectivity index (χ0n) is 15.8. The van der Waals surface area contributed by atoms with E-state index < -0.39 is 0 Å². The summed E-state index contributed by atoms with van der Waals surface area (Å²) in [6, 6.07) is 12.8. The summed E-state index contributed by atoms with van der Waals surface area (Å²) in [4.78, 5) is 17.1. The van der Waals surface area contributed by atoms with Gasteiger partial charge >= 0.3 is 0 Å². The number of amides is 1. The van der Waals surface area contributed by atoms with Crippen LogP contribution in [-0.4, -0.2) is 24.1 Å². The molecule has 0 atom stereocenters. The molecule has 0 aliphatic rings. The molecule has 27 heavy (non-hydrogen) atoms. The largest absolute Gasteiger partial charge is 0.493 e. The van der Waals surface area contributed by atoms with Crippen molar-refractivity contribution < 1.29 is 14.3 Å². The van der Waals surface area contributed by atoms with E-state index >= 15 is 0 Å². The topological polar surface area (TPSA) is 60.5 Å².